The van der Waals surface area contributed by atoms with Crippen LogP contribution in [0.5, 0.6) is 0 Å². The Morgan fingerprint density at radius 1 is 1.03 bits per heavy atom. The fourth-order valence-corrected chi connectivity index (χ4v) is 8.89. The monoisotopic (exact) mass is 430 g/mol. The van der Waals surface area contributed by atoms with Crippen LogP contribution in [0.2, 0.25) is 0 Å². The van der Waals surface area contributed by atoms with Crippen LogP contribution in [-0.4, -0.2) is 33.6 Å². The molecule has 4 fully saturated rings. The fourth-order valence-electron chi connectivity index (χ4n) is 8.89. The van der Waals surface area contributed by atoms with E-state index in [0.29, 0.717) is 17.8 Å². The first-order valence-corrected chi connectivity index (χ1v) is 13.3. The summed E-state index contributed by atoms with van der Waals surface area (Å²) in [6.45, 7) is 14.4. The fraction of sp³-hybridized carbons (Fsp3) is 0.929. The van der Waals surface area contributed by atoms with Crippen molar-refractivity contribution in [2.24, 2.45) is 40.4 Å². The van der Waals surface area contributed by atoms with E-state index in [0.717, 1.165) is 49.4 Å². The molecule has 0 aromatic heterocycles. The third-order valence-corrected chi connectivity index (χ3v) is 11.6. The van der Waals surface area contributed by atoms with E-state index in [9.17, 15) is 10.2 Å². The second kappa shape index (κ2) is 7.06. The lowest BCUT2D eigenvalue weighted by Crippen LogP contribution is -2.65. The number of epoxide rings is 1. The first kappa shape index (κ1) is 22.4. The van der Waals surface area contributed by atoms with E-state index in [1.807, 2.05) is 0 Å². The predicted octanol–water partition coefficient (Wildman–Crippen LogP) is 5.88. The minimum atomic E-state index is -0.755. The van der Waals surface area contributed by atoms with Gasteiger partial charge in [-0.2, -0.15) is 0 Å². The Morgan fingerprint density at radius 2 is 1.77 bits per heavy atom. The van der Waals surface area contributed by atoms with Gasteiger partial charge in [-0.1, -0.05) is 60.5 Å². The highest BCUT2D eigenvalue weighted by atomic mass is 16.6. The van der Waals surface area contributed by atoms with Crippen LogP contribution in [0, 0.1) is 40.4 Å². The Balaban J connectivity index is 1.40. The second-order valence-electron chi connectivity index (χ2n) is 13.2. The molecule has 4 aliphatic carbocycles. The molecule has 2 N–H and O–H groups in total. The predicted molar refractivity (Wildman–Crippen MR) is 125 cm³/mol. The molecule has 3 heteroatoms. The Kier molecular flexibility index (Phi) is 5.10. The molecule has 1 saturated heterocycles. The third kappa shape index (κ3) is 2.88. The van der Waals surface area contributed by atoms with Crippen LogP contribution in [0.4, 0.5) is 0 Å². The zero-order valence-electron chi connectivity index (χ0n) is 20.8. The van der Waals surface area contributed by atoms with E-state index in [1.165, 1.54) is 31.3 Å². The summed E-state index contributed by atoms with van der Waals surface area (Å²) in [7, 11) is 0. The molecule has 3 nitrogen and oxygen atoms in total. The maximum Gasteiger partial charge on any atom is 0.110 e. The number of hydrogen-bond acceptors (Lipinski definition) is 3. The van der Waals surface area contributed by atoms with Crippen molar-refractivity contribution in [3.05, 3.63) is 11.6 Å². The molecule has 0 bridgehead atoms. The highest BCUT2D eigenvalue weighted by molar-refractivity contribution is 5.44. The number of aliphatic hydroxyl groups is 2. The van der Waals surface area contributed by atoms with Gasteiger partial charge in [0.05, 0.1) is 11.7 Å². The zero-order chi connectivity index (χ0) is 22.4. The molecular weight excluding hydrogens is 384 g/mol. The average molecular weight is 431 g/mol. The van der Waals surface area contributed by atoms with Crippen molar-refractivity contribution < 1.29 is 14.9 Å². The summed E-state index contributed by atoms with van der Waals surface area (Å²) in [6, 6.07) is 0. The molecule has 5 rings (SSSR count). The van der Waals surface area contributed by atoms with Gasteiger partial charge in [0, 0.05) is 11.8 Å². The van der Waals surface area contributed by atoms with Gasteiger partial charge in [-0.25, -0.2) is 0 Å². The van der Waals surface area contributed by atoms with Crippen molar-refractivity contribution in [2.45, 2.75) is 123 Å². The Bertz CT molecular complexity index is 759. The summed E-state index contributed by atoms with van der Waals surface area (Å²) in [5.41, 5.74) is 0.288. The van der Waals surface area contributed by atoms with Crippen molar-refractivity contribution in [2.75, 3.05) is 0 Å². The van der Waals surface area contributed by atoms with Gasteiger partial charge in [-0.15, -0.1) is 0 Å². The number of fused-ring (bicyclic) bond motifs is 4. The van der Waals surface area contributed by atoms with Crippen molar-refractivity contribution in [3.8, 4) is 0 Å². The van der Waals surface area contributed by atoms with E-state index in [2.05, 4.69) is 47.6 Å². The molecule has 176 valence electrons. The molecule has 1 heterocycles. The lowest BCUT2D eigenvalue weighted by molar-refractivity contribution is -0.157. The van der Waals surface area contributed by atoms with Gasteiger partial charge >= 0.3 is 0 Å². The lowest BCUT2D eigenvalue weighted by atomic mass is 9.45. The van der Waals surface area contributed by atoms with Crippen LogP contribution in [0.3, 0.4) is 0 Å². The van der Waals surface area contributed by atoms with Crippen LogP contribution in [-0.2, 0) is 4.74 Å². The van der Waals surface area contributed by atoms with E-state index in [-0.39, 0.29) is 23.2 Å². The van der Waals surface area contributed by atoms with E-state index >= 15 is 0 Å². The third-order valence-electron chi connectivity index (χ3n) is 11.6. The standard InChI is InChI=1S/C28H46O3/c1-17(2)18(3)7-8-19(4)21-9-10-22-23-15-24-28(31-24)16-20(29)11-12-26(28,6)27(23,30)14-13-25(21,22)5/h15,17-22,24,29-30H,7-14,16H2,1-6H3/t18-,19-,20+,21-,22+,24+,25-,26-,27-,28+/m1/s1. The second-order valence-corrected chi connectivity index (χ2v) is 13.2. The zero-order valence-corrected chi connectivity index (χ0v) is 20.8. The highest BCUT2D eigenvalue weighted by Gasteiger charge is 2.78. The minimum absolute atomic E-state index is 0.105. The van der Waals surface area contributed by atoms with Gasteiger partial charge < -0.3 is 14.9 Å². The van der Waals surface area contributed by atoms with Crippen molar-refractivity contribution in [3.63, 3.8) is 0 Å². The molecule has 0 aromatic carbocycles. The number of hydrogen-bond donors (Lipinski definition) is 2. The van der Waals surface area contributed by atoms with Gasteiger partial charge in [-0.3, -0.25) is 0 Å². The molecule has 10 atom stereocenters. The van der Waals surface area contributed by atoms with Gasteiger partial charge in [-0.05, 0) is 79.1 Å². The van der Waals surface area contributed by atoms with Crippen molar-refractivity contribution in [1.82, 2.24) is 0 Å². The van der Waals surface area contributed by atoms with Gasteiger partial charge in [0.2, 0.25) is 0 Å². The summed E-state index contributed by atoms with van der Waals surface area (Å²) in [6.07, 6.45) is 11.7. The van der Waals surface area contributed by atoms with Gasteiger partial charge in [0.25, 0.3) is 0 Å². The largest absolute Gasteiger partial charge is 0.393 e. The van der Waals surface area contributed by atoms with E-state index in [4.69, 9.17) is 4.74 Å². The molecule has 1 spiro atoms. The minimum Gasteiger partial charge on any atom is -0.393 e. The SMILES string of the molecule is CC(C)[C@H](C)CC[C@@H](C)[C@H]1CC[C@H]2C3=C[C@@H]4O[C@@]45C[C@@H](O)CC[C@]5(C)[C@@]3(O)CC[C@]12C. The average Bonchev–Trinajstić information content (AvgIpc) is 3.29. The highest BCUT2D eigenvalue weighted by Crippen LogP contribution is 2.73. The van der Waals surface area contributed by atoms with E-state index < -0.39 is 5.60 Å². The summed E-state index contributed by atoms with van der Waals surface area (Å²) >= 11 is 0. The molecular formula is C28H46O3. The smallest absolute Gasteiger partial charge is 0.110 e. The summed E-state index contributed by atoms with van der Waals surface area (Å²) in [5.74, 6) is 3.57. The van der Waals surface area contributed by atoms with Crippen LogP contribution in [0.15, 0.2) is 11.6 Å². The van der Waals surface area contributed by atoms with Crippen LogP contribution < -0.4 is 0 Å². The van der Waals surface area contributed by atoms with Crippen molar-refractivity contribution in [1.29, 1.82) is 0 Å². The first-order valence-electron chi connectivity index (χ1n) is 13.3. The summed E-state index contributed by atoms with van der Waals surface area (Å²) < 4.78 is 6.35. The lowest BCUT2D eigenvalue weighted by Gasteiger charge is -2.60. The first-order chi connectivity index (χ1) is 14.5. The molecule has 1 aliphatic heterocycles. The molecule has 3 saturated carbocycles. The number of aliphatic hydroxyl groups excluding tert-OH is 1. The molecule has 0 aromatic rings. The topological polar surface area (TPSA) is 53.0 Å². The van der Waals surface area contributed by atoms with E-state index in [1.54, 1.807) is 0 Å². The molecule has 5 aliphatic rings. The molecule has 0 amide bonds. The maximum absolute atomic E-state index is 12.3. The Labute approximate surface area is 190 Å². The van der Waals surface area contributed by atoms with Gasteiger partial charge in [0.15, 0.2) is 0 Å². The Morgan fingerprint density at radius 3 is 2.48 bits per heavy atom. The quantitative estimate of drug-likeness (QED) is 0.423. The molecule has 0 radical (unpaired) electrons. The van der Waals surface area contributed by atoms with Crippen molar-refractivity contribution >= 4 is 0 Å². The van der Waals surface area contributed by atoms with Crippen LogP contribution in [0.25, 0.3) is 0 Å². The summed E-state index contributed by atoms with van der Waals surface area (Å²) in [5, 5.41) is 22.7. The number of rotatable bonds is 5. The van der Waals surface area contributed by atoms with Crippen LogP contribution >= 0.6 is 0 Å². The Hall–Kier alpha value is -0.380. The van der Waals surface area contributed by atoms with Gasteiger partial charge in [0.1, 0.15) is 11.7 Å². The molecule has 0 unspecified atom stereocenters. The number of ether oxygens (including phenoxy) is 1. The van der Waals surface area contributed by atoms with Crippen LogP contribution in [0.1, 0.15) is 99.3 Å². The normalized spacial score (nSPS) is 52.5. The maximum atomic E-state index is 12.3. The summed E-state index contributed by atoms with van der Waals surface area (Å²) in [4.78, 5) is 0. The molecule has 31 heavy (non-hydrogen) atoms.